The summed E-state index contributed by atoms with van der Waals surface area (Å²) in [4.78, 5) is 0. The van der Waals surface area contributed by atoms with Crippen LogP contribution in [0.4, 0.5) is 4.39 Å². The molecule has 0 radical (unpaired) electrons. The molecule has 1 rings (SSSR count). The van der Waals surface area contributed by atoms with Crippen molar-refractivity contribution in [2.24, 2.45) is 5.41 Å². The van der Waals surface area contributed by atoms with Crippen molar-refractivity contribution in [2.75, 3.05) is 13.7 Å². The standard InChI is InChI=1S/C12H22FN/c1-4-12(14-3)7-5-6-11(2,10-12)8-9-13/h5-6,14H,4,7-10H2,1-3H3. The van der Waals surface area contributed by atoms with Crippen LogP contribution in [0.3, 0.4) is 0 Å². The van der Waals surface area contributed by atoms with E-state index in [1.807, 2.05) is 7.05 Å². The van der Waals surface area contributed by atoms with Crippen LogP contribution in [0.15, 0.2) is 12.2 Å². The van der Waals surface area contributed by atoms with Crippen LogP contribution < -0.4 is 5.32 Å². The van der Waals surface area contributed by atoms with E-state index >= 15 is 0 Å². The van der Waals surface area contributed by atoms with Gasteiger partial charge in [0, 0.05) is 5.54 Å². The van der Waals surface area contributed by atoms with Gasteiger partial charge in [0.05, 0.1) is 6.67 Å². The predicted molar refractivity (Wildman–Crippen MR) is 59.2 cm³/mol. The smallest absolute Gasteiger partial charge is 0.0902 e. The maximum atomic E-state index is 12.4. The molecule has 2 unspecified atom stereocenters. The minimum absolute atomic E-state index is 0.0476. The summed E-state index contributed by atoms with van der Waals surface area (Å²) in [6, 6.07) is 0. The monoisotopic (exact) mass is 199 g/mol. The van der Waals surface area contributed by atoms with Gasteiger partial charge in [-0.15, -0.1) is 0 Å². The minimum Gasteiger partial charge on any atom is -0.314 e. The molecule has 1 aliphatic rings. The number of nitrogens with one attached hydrogen (secondary N) is 1. The Kier molecular flexibility index (Phi) is 3.71. The molecule has 0 amide bonds. The van der Waals surface area contributed by atoms with E-state index in [0.717, 1.165) is 19.3 Å². The number of rotatable bonds is 4. The Morgan fingerprint density at radius 3 is 2.71 bits per heavy atom. The molecule has 82 valence electrons. The molecule has 0 saturated heterocycles. The summed E-state index contributed by atoms with van der Waals surface area (Å²) in [5.74, 6) is 0. The van der Waals surface area contributed by atoms with Crippen LogP contribution in [0.25, 0.3) is 0 Å². The fraction of sp³-hybridized carbons (Fsp3) is 0.833. The summed E-state index contributed by atoms with van der Waals surface area (Å²) in [6.07, 6.45) is 8.27. The topological polar surface area (TPSA) is 12.0 Å². The molecule has 0 aromatic heterocycles. The van der Waals surface area contributed by atoms with Crippen LogP contribution in [-0.2, 0) is 0 Å². The fourth-order valence-electron chi connectivity index (χ4n) is 2.50. The molecular weight excluding hydrogens is 177 g/mol. The highest BCUT2D eigenvalue weighted by atomic mass is 19.1. The molecule has 0 aromatic carbocycles. The lowest BCUT2D eigenvalue weighted by atomic mass is 9.69. The Hall–Kier alpha value is -0.370. The maximum absolute atomic E-state index is 12.4. The van der Waals surface area contributed by atoms with Gasteiger partial charge >= 0.3 is 0 Å². The quantitative estimate of drug-likeness (QED) is 0.686. The van der Waals surface area contributed by atoms with Crippen molar-refractivity contribution in [1.82, 2.24) is 5.32 Å². The van der Waals surface area contributed by atoms with Crippen molar-refractivity contribution < 1.29 is 4.39 Å². The molecule has 0 saturated carbocycles. The van der Waals surface area contributed by atoms with Gasteiger partial charge in [0.1, 0.15) is 0 Å². The molecule has 0 aromatic rings. The Morgan fingerprint density at radius 1 is 1.50 bits per heavy atom. The lowest BCUT2D eigenvalue weighted by molar-refractivity contribution is 0.185. The van der Waals surface area contributed by atoms with E-state index in [0.29, 0.717) is 6.42 Å². The third-order valence-corrected chi connectivity index (χ3v) is 3.64. The second kappa shape index (κ2) is 4.43. The number of hydrogen-bond acceptors (Lipinski definition) is 1. The Labute approximate surface area is 86.8 Å². The van der Waals surface area contributed by atoms with Crippen LogP contribution >= 0.6 is 0 Å². The first kappa shape index (κ1) is 11.7. The lowest BCUT2D eigenvalue weighted by Gasteiger charge is -2.42. The third-order valence-electron chi connectivity index (χ3n) is 3.64. The average molecular weight is 199 g/mol. The van der Waals surface area contributed by atoms with Crippen LogP contribution in [0.1, 0.15) is 39.5 Å². The predicted octanol–water partition coefficient (Wildman–Crippen LogP) is 3.07. The molecule has 0 bridgehead atoms. The van der Waals surface area contributed by atoms with E-state index in [1.165, 1.54) is 0 Å². The van der Waals surface area contributed by atoms with Gasteiger partial charge in [-0.3, -0.25) is 4.39 Å². The molecule has 0 heterocycles. The highest BCUT2D eigenvalue weighted by Crippen LogP contribution is 2.40. The molecule has 0 fully saturated rings. The minimum atomic E-state index is -0.218. The number of halogens is 1. The lowest BCUT2D eigenvalue weighted by Crippen LogP contribution is -2.47. The van der Waals surface area contributed by atoms with Gasteiger partial charge < -0.3 is 5.32 Å². The Bertz CT molecular complexity index is 208. The highest BCUT2D eigenvalue weighted by molar-refractivity contribution is 5.11. The molecule has 0 spiro atoms. The van der Waals surface area contributed by atoms with Crippen molar-refractivity contribution in [3.8, 4) is 0 Å². The first-order valence-electron chi connectivity index (χ1n) is 5.52. The summed E-state index contributed by atoms with van der Waals surface area (Å²) in [7, 11) is 2.01. The van der Waals surface area contributed by atoms with Crippen LogP contribution in [-0.4, -0.2) is 19.3 Å². The van der Waals surface area contributed by atoms with Gasteiger partial charge in [-0.25, -0.2) is 0 Å². The van der Waals surface area contributed by atoms with Gasteiger partial charge in [0.15, 0.2) is 0 Å². The zero-order valence-corrected chi connectivity index (χ0v) is 9.57. The zero-order valence-electron chi connectivity index (χ0n) is 9.57. The zero-order chi connectivity index (χ0) is 10.7. The van der Waals surface area contributed by atoms with E-state index in [9.17, 15) is 4.39 Å². The maximum Gasteiger partial charge on any atom is 0.0902 e. The van der Waals surface area contributed by atoms with E-state index < -0.39 is 0 Å². The molecule has 1 aliphatic carbocycles. The Morgan fingerprint density at radius 2 is 2.21 bits per heavy atom. The summed E-state index contributed by atoms with van der Waals surface area (Å²) < 4.78 is 12.4. The summed E-state index contributed by atoms with van der Waals surface area (Å²) in [6.45, 7) is 4.14. The van der Waals surface area contributed by atoms with Crippen molar-refractivity contribution in [1.29, 1.82) is 0 Å². The number of alkyl halides is 1. The van der Waals surface area contributed by atoms with Crippen molar-refractivity contribution in [3.05, 3.63) is 12.2 Å². The van der Waals surface area contributed by atoms with Crippen molar-refractivity contribution in [2.45, 2.75) is 45.1 Å². The average Bonchev–Trinajstić information content (AvgIpc) is 2.17. The molecule has 1 N–H and O–H groups in total. The van der Waals surface area contributed by atoms with Crippen molar-refractivity contribution >= 4 is 0 Å². The number of hydrogen-bond donors (Lipinski definition) is 1. The van der Waals surface area contributed by atoms with Gasteiger partial charge in [0.25, 0.3) is 0 Å². The molecule has 1 nitrogen and oxygen atoms in total. The molecular formula is C12H22FN. The molecule has 2 heteroatoms. The summed E-state index contributed by atoms with van der Waals surface area (Å²) >= 11 is 0. The molecule has 0 aliphatic heterocycles. The Balaban J connectivity index is 2.76. The summed E-state index contributed by atoms with van der Waals surface area (Å²) in [5, 5.41) is 3.41. The van der Waals surface area contributed by atoms with E-state index in [2.05, 4.69) is 31.3 Å². The normalized spacial score (nSPS) is 37.4. The SMILES string of the molecule is CCC1(NC)CC=CC(C)(CCF)C1. The van der Waals surface area contributed by atoms with E-state index in [4.69, 9.17) is 0 Å². The van der Waals surface area contributed by atoms with E-state index in [1.54, 1.807) is 0 Å². The number of allylic oxidation sites excluding steroid dienone is 1. The van der Waals surface area contributed by atoms with Gasteiger partial charge in [-0.1, -0.05) is 26.0 Å². The largest absolute Gasteiger partial charge is 0.314 e. The van der Waals surface area contributed by atoms with Gasteiger partial charge in [0.2, 0.25) is 0 Å². The van der Waals surface area contributed by atoms with Crippen LogP contribution in [0.5, 0.6) is 0 Å². The fourth-order valence-corrected chi connectivity index (χ4v) is 2.50. The van der Waals surface area contributed by atoms with Crippen molar-refractivity contribution in [3.63, 3.8) is 0 Å². The van der Waals surface area contributed by atoms with E-state index in [-0.39, 0.29) is 17.6 Å². The van der Waals surface area contributed by atoms with Crippen LogP contribution in [0, 0.1) is 5.41 Å². The van der Waals surface area contributed by atoms with Gasteiger partial charge in [-0.2, -0.15) is 0 Å². The highest BCUT2D eigenvalue weighted by Gasteiger charge is 2.36. The third kappa shape index (κ3) is 2.35. The second-order valence-corrected chi connectivity index (χ2v) is 4.76. The first-order chi connectivity index (χ1) is 6.60. The summed E-state index contributed by atoms with van der Waals surface area (Å²) in [5.41, 5.74) is 0.241. The second-order valence-electron chi connectivity index (χ2n) is 4.76. The molecule has 14 heavy (non-hydrogen) atoms. The van der Waals surface area contributed by atoms with Crippen LogP contribution in [0.2, 0.25) is 0 Å². The first-order valence-corrected chi connectivity index (χ1v) is 5.52. The van der Waals surface area contributed by atoms with Gasteiger partial charge in [-0.05, 0) is 38.1 Å². The molecule has 2 atom stereocenters.